The zero-order chi connectivity index (χ0) is 26.5. The number of carbonyl (C=O) groups is 1. The zero-order valence-electron chi connectivity index (χ0n) is 21.0. The SMILES string of the molecule is CC1(C)C(=O)N(c2ccc(C#N)c(C(F)(F)F)c2)C(=S)N1CCCCCCCCN1CCC[C@H]1CO. The molecule has 2 heterocycles. The van der Waals surface area contributed by atoms with Gasteiger partial charge in [-0.3, -0.25) is 14.6 Å². The molecule has 1 atom stereocenters. The van der Waals surface area contributed by atoms with Crippen LogP contribution in [-0.4, -0.2) is 63.7 Å². The molecule has 6 nitrogen and oxygen atoms in total. The monoisotopic (exact) mass is 524 g/mol. The van der Waals surface area contributed by atoms with Crippen LogP contribution >= 0.6 is 12.2 Å². The second kappa shape index (κ2) is 11.9. The fourth-order valence-electron chi connectivity index (χ4n) is 5.13. The van der Waals surface area contributed by atoms with Crippen molar-refractivity contribution in [1.29, 1.82) is 5.26 Å². The van der Waals surface area contributed by atoms with Gasteiger partial charge < -0.3 is 10.0 Å². The van der Waals surface area contributed by atoms with Gasteiger partial charge in [-0.1, -0.05) is 25.7 Å². The molecule has 0 saturated carbocycles. The van der Waals surface area contributed by atoms with Crippen molar-refractivity contribution in [2.24, 2.45) is 0 Å². The Balaban J connectivity index is 1.51. The topological polar surface area (TPSA) is 70.8 Å². The number of likely N-dealkylation sites (tertiary alicyclic amines) is 1. The van der Waals surface area contributed by atoms with Gasteiger partial charge in [0.25, 0.3) is 5.91 Å². The summed E-state index contributed by atoms with van der Waals surface area (Å²) in [5.74, 6) is -0.381. The molecule has 0 spiro atoms. The van der Waals surface area contributed by atoms with Crippen LogP contribution < -0.4 is 4.90 Å². The molecule has 1 aromatic carbocycles. The number of nitriles is 1. The van der Waals surface area contributed by atoms with Crippen molar-refractivity contribution < 1.29 is 23.1 Å². The molecule has 0 aliphatic carbocycles. The van der Waals surface area contributed by atoms with Crippen LogP contribution in [0, 0.1) is 11.3 Å². The van der Waals surface area contributed by atoms with Crippen LogP contribution in [-0.2, 0) is 11.0 Å². The third kappa shape index (κ3) is 6.18. The van der Waals surface area contributed by atoms with Gasteiger partial charge in [0.2, 0.25) is 0 Å². The van der Waals surface area contributed by atoms with Crippen molar-refractivity contribution >= 4 is 28.9 Å². The van der Waals surface area contributed by atoms with Gasteiger partial charge in [-0.2, -0.15) is 18.4 Å². The quantitative estimate of drug-likeness (QED) is 0.321. The number of amides is 1. The fourth-order valence-corrected chi connectivity index (χ4v) is 5.64. The van der Waals surface area contributed by atoms with Crippen molar-refractivity contribution in [2.45, 2.75) is 83.0 Å². The summed E-state index contributed by atoms with van der Waals surface area (Å²) in [5, 5.41) is 18.6. The molecule has 10 heteroatoms. The summed E-state index contributed by atoms with van der Waals surface area (Å²) in [5.41, 5.74) is -2.52. The number of aliphatic hydroxyl groups is 1. The number of aliphatic hydroxyl groups excluding tert-OH is 1. The van der Waals surface area contributed by atoms with E-state index < -0.39 is 22.8 Å². The number of thiocarbonyl (C=S) groups is 1. The van der Waals surface area contributed by atoms with Crippen molar-refractivity contribution in [2.75, 3.05) is 31.1 Å². The molecule has 3 rings (SSSR count). The van der Waals surface area contributed by atoms with Crippen molar-refractivity contribution in [1.82, 2.24) is 9.80 Å². The van der Waals surface area contributed by atoms with Crippen LogP contribution in [0.2, 0.25) is 0 Å². The predicted octanol–water partition coefficient (Wildman–Crippen LogP) is 5.09. The average Bonchev–Trinajstić information content (AvgIpc) is 3.35. The molecule has 2 aliphatic heterocycles. The zero-order valence-corrected chi connectivity index (χ0v) is 21.8. The number of carbonyl (C=O) groups excluding carboxylic acids is 1. The minimum Gasteiger partial charge on any atom is -0.395 e. The Hall–Kier alpha value is -2.22. The van der Waals surface area contributed by atoms with E-state index in [0.717, 1.165) is 81.5 Å². The second-order valence-electron chi connectivity index (χ2n) is 10.1. The minimum absolute atomic E-state index is 0.0216. The lowest BCUT2D eigenvalue weighted by atomic mass is 10.0. The van der Waals surface area contributed by atoms with Crippen LogP contribution in [0.1, 0.15) is 76.3 Å². The second-order valence-corrected chi connectivity index (χ2v) is 10.5. The summed E-state index contributed by atoms with van der Waals surface area (Å²) in [6.07, 6.45) is 3.76. The molecule has 1 N–H and O–H groups in total. The Kier molecular flexibility index (Phi) is 9.36. The van der Waals surface area contributed by atoms with Gasteiger partial charge in [0, 0.05) is 12.6 Å². The molecule has 1 aromatic rings. The van der Waals surface area contributed by atoms with Crippen LogP contribution in [0.15, 0.2) is 18.2 Å². The van der Waals surface area contributed by atoms with E-state index in [1.165, 1.54) is 6.07 Å². The summed E-state index contributed by atoms with van der Waals surface area (Å²) >= 11 is 5.54. The molecular formula is C26H35F3N4O2S. The molecule has 1 amide bonds. The lowest BCUT2D eigenvalue weighted by molar-refractivity contribution is -0.137. The highest BCUT2D eigenvalue weighted by atomic mass is 32.1. The van der Waals surface area contributed by atoms with Gasteiger partial charge in [-0.15, -0.1) is 0 Å². The van der Waals surface area contributed by atoms with Gasteiger partial charge in [-0.25, -0.2) is 0 Å². The number of alkyl halides is 3. The highest BCUT2D eigenvalue weighted by Crippen LogP contribution is 2.38. The van der Waals surface area contributed by atoms with E-state index >= 15 is 0 Å². The van der Waals surface area contributed by atoms with Crippen LogP contribution in [0.5, 0.6) is 0 Å². The van der Waals surface area contributed by atoms with E-state index in [1.807, 2.05) is 0 Å². The minimum atomic E-state index is -4.71. The standard InChI is InChI=1S/C26H35F3N4O2S/c1-25(2)23(35)33(20-12-11-19(17-30)22(16-20)26(27,28)29)24(36)32(25)15-8-6-4-3-5-7-13-31-14-9-10-21(31)18-34/h11-12,16,21,34H,3-10,13-15,18H2,1-2H3/t21-/m0/s1. The van der Waals surface area contributed by atoms with Crippen LogP contribution in [0.4, 0.5) is 18.9 Å². The average molecular weight is 525 g/mol. The van der Waals surface area contributed by atoms with Crippen molar-refractivity contribution in [3.8, 4) is 6.07 Å². The van der Waals surface area contributed by atoms with E-state index in [4.69, 9.17) is 17.5 Å². The molecule has 0 radical (unpaired) electrons. The number of anilines is 1. The highest BCUT2D eigenvalue weighted by Gasteiger charge is 2.49. The lowest BCUT2D eigenvalue weighted by Crippen LogP contribution is -2.44. The van der Waals surface area contributed by atoms with E-state index in [-0.39, 0.29) is 23.3 Å². The van der Waals surface area contributed by atoms with Crippen molar-refractivity contribution in [3.05, 3.63) is 29.3 Å². The van der Waals surface area contributed by atoms with E-state index in [1.54, 1.807) is 24.8 Å². The maximum absolute atomic E-state index is 13.4. The Morgan fingerprint density at radius 2 is 1.78 bits per heavy atom. The molecule has 0 bridgehead atoms. The summed E-state index contributed by atoms with van der Waals surface area (Å²) in [4.78, 5) is 18.5. The van der Waals surface area contributed by atoms with Gasteiger partial charge in [0.05, 0.1) is 29.5 Å². The first-order valence-corrected chi connectivity index (χ1v) is 13.1. The number of nitrogens with zero attached hydrogens (tertiary/aromatic N) is 4. The largest absolute Gasteiger partial charge is 0.417 e. The number of halogens is 3. The molecule has 36 heavy (non-hydrogen) atoms. The first kappa shape index (κ1) is 28.4. The normalized spacial score (nSPS) is 20.4. The summed E-state index contributed by atoms with van der Waals surface area (Å²) < 4.78 is 40.3. The Labute approximate surface area is 216 Å². The Morgan fingerprint density at radius 1 is 1.14 bits per heavy atom. The Bertz CT molecular complexity index is 992. The molecule has 2 fully saturated rings. The van der Waals surface area contributed by atoms with Gasteiger partial charge in [0.15, 0.2) is 5.11 Å². The van der Waals surface area contributed by atoms with Gasteiger partial charge in [0.1, 0.15) is 5.54 Å². The molecule has 2 aliphatic rings. The maximum Gasteiger partial charge on any atom is 0.417 e. The van der Waals surface area contributed by atoms with Crippen LogP contribution in [0.3, 0.4) is 0 Å². The molecular weight excluding hydrogens is 489 g/mol. The maximum atomic E-state index is 13.4. The summed E-state index contributed by atoms with van der Waals surface area (Å²) in [6, 6.07) is 5.13. The number of unbranched alkanes of at least 4 members (excludes halogenated alkanes) is 5. The van der Waals surface area contributed by atoms with E-state index in [9.17, 15) is 23.1 Å². The van der Waals surface area contributed by atoms with Gasteiger partial charge >= 0.3 is 6.18 Å². The van der Waals surface area contributed by atoms with Crippen molar-refractivity contribution in [3.63, 3.8) is 0 Å². The summed E-state index contributed by atoms with van der Waals surface area (Å²) in [7, 11) is 0. The molecule has 198 valence electrons. The van der Waals surface area contributed by atoms with E-state index in [0.29, 0.717) is 12.6 Å². The highest BCUT2D eigenvalue weighted by molar-refractivity contribution is 7.80. The first-order valence-electron chi connectivity index (χ1n) is 12.6. The lowest BCUT2D eigenvalue weighted by Gasteiger charge is -2.29. The molecule has 0 aromatic heterocycles. The Morgan fingerprint density at radius 3 is 2.39 bits per heavy atom. The fraction of sp³-hybridized carbons (Fsp3) is 0.654. The first-order chi connectivity index (χ1) is 17.0. The number of hydrogen-bond acceptors (Lipinski definition) is 5. The van der Waals surface area contributed by atoms with E-state index in [2.05, 4.69) is 4.90 Å². The molecule has 0 unspecified atom stereocenters. The van der Waals surface area contributed by atoms with Crippen LogP contribution in [0.25, 0.3) is 0 Å². The number of rotatable bonds is 11. The number of hydrogen-bond donors (Lipinski definition) is 1. The smallest absolute Gasteiger partial charge is 0.395 e. The van der Waals surface area contributed by atoms with Gasteiger partial charge in [-0.05, 0) is 83.0 Å². The third-order valence-corrected chi connectivity index (χ3v) is 7.70. The summed E-state index contributed by atoms with van der Waals surface area (Å²) in [6.45, 7) is 6.35. The predicted molar refractivity (Wildman–Crippen MR) is 136 cm³/mol. The number of benzene rings is 1. The third-order valence-electron chi connectivity index (χ3n) is 7.30. The molecule has 2 saturated heterocycles.